The topological polar surface area (TPSA) is 67.2 Å². The molecule has 0 unspecified atom stereocenters. The lowest BCUT2D eigenvalue weighted by molar-refractivity contribution is -0.134. The van der Waals surface area contributed by atoms with Gasteiger partial charge in [0, 0.05) is 18.2 Å². The Morgan fingerprint density at radius 1 is 1.19 bits per heavy atom. The highest BCUT2D eigenvalue weighted by Gasteiger charge is 2.48. The van der Waals surface area contributed by atoms with Crippen molar-refractivity contribution in [3.05, 3.63) is 41.6 Å². The molecule has 2 heterocycles. The van der Waals surface area contributed by atoms with Gasteiger partial charge in [-0.05, 0) is 43.7 Å². The third kappa shape index (κ3) is 4.19. The van der Waals surface area contributed by atoms with Gasteiger partial charge in [0.15, 0.2) is 0 Å². The van der Waals surface area contributed by atoms with Gasteiger partial charge in [0.2, 0.25) is 5.91 Å². The molecule has 1 aromatic heterocycles. The van der Waals surface area contributed by atoms with Crippen molar-refractivity contribution in [3.8, 4) is 11.3 Å². The number of carbonyl (C=O) groups excluding carboxylic acids is 2. The molecule has 6 nitrogen and oxygen atoms in total. The maximum atomic E-state index is 13.5. The van der Waals surface area contributed by atoms with Crippen molar-refractivity contribution in [1.82, 2.24) is 20.0 Å². The summed E-state index contributed by atoms with van der Waals surface area (Å²) in [6.45, 7) is 9.20. The van der Waals surface area contributed by atoms with E-state index in [9.17, 15) is 9.59 Å². The van der Waals surface area contributed by atoms with E-state index in [2.05, 4.69) is 43.4 Å². The number of hydrogen-bond acceptors (Lipinski definition) is 3. The molecule has 0 radical (unpaired) electrons. The Kier molecular flexibility index (Phi) is 6.40. The minimum absolute atomic E-state index is 0.0600. The number of aromatic nitrogens is 2. The molecule has 2 aliphatic rings. The molecule has 32 heavy (non-hydrogen) atoms. The summed E-state index contributed by atoms with van der Waals surface area (Å²) in [5, 5.41) is 8.00. The molecule has 4 rings (SSSR count). The first-order chi connectivity index (χ1) is 15.3. The van der Waals surface area contributed by atoms with E-state index in [1.807, 2.05) is 19.9 Å². The van der Waals surface area contributed by atoms with Crippen LogP contribution in [0.3, 0.4) is 0 Å². The maximum absolute atomic E-state index is 13.5. The van der Waals surface area contributed by atoms with E-state index in [0.29, 0.717) is 24.7 Å². The van der Waals surface area contributed by atoms with E-state index in [1.165, 1.54) is 12.0 Å². The maximum Gasteiger partial charge on any atom is 0.273 e. The normalized spacial score (nSPS) is 21.7. The van der Waals surface area contributed by atoms with Crippen LogP contribution in [0.5, 0.6) is 0 Å². The first-order valence-electron chi connectivity index (χ1n) is 12.1. The summed E-state index contributed by atoms with van der Waals surface area (Å²) < 4.78 is 1.74. The largest absolute Gasteiger partial charge is 0.351 e. The van der Waals surface area contributed by atoms with Crippen LogP contribution < -0.4 is 5.32 Å². The highest BCUT2D eigenvalue weighted by atomic mass is 16.2. The summed E-state index contributed by atoms with van der Waals surface area (Å²) in [6.07, 6.45) is 6.39. The van der Waals surface area contributed by atoms with Gasteiger partial charge in [-0.1, -0.05) is 64.3 Å². The molecule has 1 N–H and O–H groups in total. The lowest BCUT2D eigenvalue weighted by Gasteiger charge is -2.44. The molecule has 1 aliphatic heterocycles. The van der Waals surface area contributed by atoms with E-state index in [0.717, 1.165) is 43.4 Å². The number of nitrogens with zero attached hydrogens (tertiary/aromatic N) is 3. The van der Waals surface area contributed by atoms with E-state index < -0.39 is 5.54 Å². The smallest absolute Gasteiger partial charge is 0.273 e. The quantitative estimate of drug-likeness (QED) is 0.711. The van der Waals surface area contributed by atoms with Crippen LogP contribution >= 0.6 is 0 Å². The summed E-state index contributed by atoms with van der Waals surface area (Å²) in [4.78, 5) is 28.7. The zero-order valence-electron chi connectivity index (χ0n) is 19.9. The minimum Gasteiger partial charge on any atom is -0.351 e. The van der Waals surface area contributed by atoms with Crippen LogP contribution in [0.1, 0.15) is 88.2 Å². The number of nitrogens with one attached hydrogen (secondary N) is 1. The highest BCUT2D eigenvalue weighted by Crippen LogP contribution is 2.31. The molecule has 1 aromatic carbocycles. The molecular weight excluding hydrogens is 400 g/mol. The Morgan fingerprint density at radius 3 is 2.50 bits per heavy atom. The minimum atomic E-state index is -0.942. The van der Waals surface area contributed by atoms with Gasteiger partial charge in [-0.2, -0.15) is 5.10 Å². The molecule has 1 saturated carbocycles. The van der Waals surface area contributed by atoms with Gasteiger partial charge >= 0.3 is 0 Å². The van der Waals surface area contributed by atoms with Gasteiger partial charge in [-0.15, -0.1) is 0 Å². The third-order valence-corrected chi connectivity index (χ3v) is 7.05. The Hall–Kier alpha value is -2.63. The predicted molar refractivity (Wildman–Crippen MR) is 127 cm³/mol. The van der Waals surface area contributed by atoms with Gasteiger partial charge in [0.25, 0.3) is 5.91 Å². The van der Waals surface area contributed by atoms with Crippen molar-refractivity contribution in [2.45, 2.75) is 90.3 Å². The van der Waals surface area contributed by atoms with Gasteiger partial charge in [-0.25, -0.2) is 0 Å². The monoisotopic (exact) mass is 436 g/mol. The molecule has 172 valence electrons. The fourth-order valence-electron chi connectivity index (χ4n) is 4.98. The Morgan fingerprint density at radius 2 is 1.88 bits per heavy atom. The lowest BCUT2D eigenvalue weighted by Crippen LogP contribution is -2.65. The van der Waals surface area contributed by atoms with Gasteiger partial charge in [-0.3, -0.25) is 14.3 Å². The average Bonchev–Trinajstić information content (AvgIpc) is 3.21. The molecule has 2 aromatic rings. The van der Waals surface area contributed by atoms with E-state index in [4.69, 9.17) is 5.10 Å². The van der Waals surface area contributed by atoms with Crippen LogP contribution in [0.2, 0.25) is 0 Å². The van der Waals surface area contributed by atoms with Crippen LogP contribution in [0.15, 0.2) is 30.3 Å². The SMILES string of the molecule is CCCN1C(=O)c2cc(-c3ccc(C(C)C)cc3)nn2C[C@@]1(C)C(=O)NC1CCCCC1. The second-order valence-corrected chi connectivity index (χ2v) is 9.89. The lowest BCUT2D eigenvalue weighted by atomic mass is 9.91. The van der Waals surface area contributed by atoms with Crippen molar-refractivity contribution in [2.75, 3.05) is 6.54 Å². The summed E-state index contributed by atoms with van der Waals surface area (Å²) >= 11 is 0. The third-order valence-electron chi connectivity index (χ3n) is 7.05. The molecule has 1 fully saturated rings. The van der Waals surface area contributed by atoms with Gasteiger partial charge in [0.1, 0.15) is 11.2 Å². The van der Waals surface area contributed by atoms with Gasteiger partial charge < -0.3 is 10.2 Å². The molecule has 0 bridgehead atoms. The number of benzene rings is 1. The second kappa shape index (κ2) is 9.08. The number of hydrogen-bond donors (Lipinski definition) is 1. The van der Waals surface area contributed by atoms with Crippen LogP contribution in [-0.4, -0.2) is 44.6 Å². The fourth-order valence-corrected chi connectivity index (χ4v) is 4.98. The summed E-state index contributed by atoms with van der Waals surface area (Å²) in [5.41, 5.74) is 2.65. The van der Waals surface area contributed by atoms with Gasteiger partial charge in [0.05, 0.1) is 12.2 Å². The van der Waals surface area contributed by atoms with Crippen molar-refractivity contribution in [1.29, 1.82) is 0 Å². The molecule has 2 amide bonds. The van der Waals surface area contributed by atoms with E-state index in [-0.39, 0.29) is 17.9 Å². The molecular formula is C26H36N4O2. The molecule has 6 heteroatoms. The van der Waals surface area contributed by atoms with Crippen molar-refractivity contribution in [3.63, 3.8) is 0 Å². The van der Waals surface area contributed by atoms with E-state index >= 15 is 0 Å². The van der Waals surface area contributed by atoms with Crippen LogP contribution in [0.4, 0.5) is 0 Å². The standard InChI is InChI=1S/C26H36N4O2/c1-5-15-29-24(31)23-16-22(20-13-11-19(12-14-20)18(2)3)28-30(23)17-26(29,4)25(32)27-21-9-7-6-8-10-21/h11-14,16,18,21H,5-10,15,17H2,1-4H3,(H,27,32)/t26-/m0/s1. The number of carbonyl (C=O) groups is 2. The number of rotatable bonds is 6. The van der Waals surface area contributed by atoms with Crippen LogP contribution in [0.25, 0.3) is 11.3 Å². The Balaban J connectivity index is 1.63. The molecule has 0 saturated heterocycles. The number of fused-ring (bicyclic) bond motifs is 1. The Labute approximate surface area is 191 Å². The number of amides is 2. The average molecular weight is 437 g/mol. The summed E-state index contributed by atoms with van der Waals surface area (Å²) in [5.74, 6) is 0.291. The second-order valence-electron chi connectivity index (χ2n) is 9.89. The summed E-state index contributed by atoms with van der Waals surface area (Å²) in [6, 6.07) is 10.4. The zero-order chi connectivity index (χ0) is 22.9. The first kappa shape index (κ1) is 22.6. The van der Waals surface area contributed by atoms with Crippen molar-refractivity contribution < 1.29 is 9.59 Å². The summed E-state index contributed by atoms with van der Waals surface area (Å²) in [7, 11) is 0. The predicted octanol–water partition coefficient (Wildman–Crippen LogP) is 4.75. The van der Waals surface area contributed by atoms with Crippen LogP contribution in [-0.2, 0) is 11.3 Å². The Bertz CT molecular complexity index is 972. The zero-order valence-corrected chi connectivity index (χ0v) is 19.9. The molecule has 0 spiro atoms. The van der Waals surface area contributed by atoms with Crippen LogP contribution in [0, 0.1) is 0 Å². The fraction of sp³-hybridized carbons (Fsp3) is 0.577. The van der Waals surface area contributed by atoms with E-state index in [1.54, 1.807) is 9.58 Å². The first-order valence-corrected chi connectivity index (χ1v) is 12.1. The molecule has 1 aliphatic carbocycles. The van der Waals surface area contributed by atoms with Crippen molar-refractivity contribution in [2.24, 2.45) is 0 Å². The highest BCUT2D eigenvalue weighted by molar-refractivity contribution is 6.00. The molecule has 1 atom stereocenters. The van der Waals surface area contributed by atoms with Crippen molar-refractivity contribution >= 4 is 11.8 Å².